The minimum atomic E-state index is -1.23. The number of aliphatic hydroxyl groups is 1. The molecule has 0 saturated heterocycles. The van der Waals surface area contributed by atoms with E-state index in [1.165, 1.54) is 0 Å². The summed E-state index contributed by atoms with van der Waals surface area (Å²) in [6.45, 7) is 0.546. The van der Waals surface area contributed by atoms with Crippen molar-refractivity contribution >= 4 is 10.8 Å². The highest BCUT2D eigenvalue weighted by Crippen LogP contribution is 2.13. The first kappa shape index (κ1) is 15.7. The molecule has 0 radical (unpaired) electrons. The van der Waals surface area contributed by atoms with Gasteiger partial charge in [-0.3, -0.25) is 4.21 Å². The summed E-state index contributed by atoms with van der Waals surface area (Å²) in [5.74, 6) is 0.808. The molecule has 0 amide bonds. The third kappa shape index (κ3) is 4.97. The zero-order valence-electron chi connectivity index (χ0n) is 11.6. The van der Waals surface area contributed by atoms with Crippen molar-refractivity contribution < 1.29 is 14.1 Å². The van der Waals surface area contributed by atoms with E-state index in [1.54, 1.807) is 18.2 Å². The van der Waals surface area contributed by atoms with Crippen molar-refractivity contribution in [2.24, 2.45) is 5.73 Å². The van der Waals surface area contributed by atoms with Crippen LogP contribution in [0.3, 0.4) is 0 Å². The quantitative estimate of drug-likeness (QED) is 0.816. The van der Waals surface area contributed by atoms with Crippen LogP contribution in [0.15, 0.2) is 59.5 Å². The lowest BCUT2D eigenvalue weighted by molar-refractivity contribution is 0.125. The topological polar surface area (TPSA) is 72.6 Å². The van der Waals surface area contributed by atoms with Crippen LogP contribution in [0.25, 0.3) is 0 Å². The summed E-state index contributed by atoms with van der Waals surface area (Å²) in [5, 5.41) is 9.93. The van der Waals surface area contributed by atoms with Crippen LogP contribution >= 0.6 is 0 Å². The lowest BCUT2D eigenvalue weighted by Gasteiger charge is -2.12. The molecule has 0 bridgehead atoms. The molecule has 21 heavy (non-hydrogen) atoms. The van der Waals surface area contributed by atoms with E-state index in [2.05, 4.69) is 0 Å². The number of ether oxygens (including phenoxy) is 1. The van der Waals surface area contributed by atoms with E-state index in [0.717, 1.165) is 5.56 Å². The maximum atomic E-state index is 12.0. The van der Waals surface area contributed by atoms with E-state index in [0.29, 0.717) is 17.2 Å². The molecule has 4 nitrogen and oxygen atoms in total. The van der Waals surface area contributed by atoms with Crippen LogP contribution in [-0.4, -0.2) is 27.8 Å². The predicted molar refractivity (Wildman–Crippen MR) is 83.6 cm³/mol. The molecule has 0 aromatic heterocycles. The normalized spacial score (nSPS) is 13.6. The number of nitrogens with two attached hydrogens (primary N) is 1. The number of hydrogen-bond acceptors (Lipinski definition) is 4. The van der Waals surface area contributed by atoms with Gasteiger partial charge in [-0.05, 0) is 29.8 Å². The second kappa shape index (κ2) is 7.93. The summed E-state index contributed by atoms with van der Waals surface area (Å²) < 4.78 is 17.6. The van der Waals surface area contributed by atoms with Gasteiger partial charge in [0.2, 0.25) is 0 Å². The van der Waals surface area contributed by atoms with Crippen molar-refractivity contribution in [3.05, 3.63) is 60.2 Å². The molecule has 0 saturated carbocycles. The Balaban J connectivity index is 1.84. The van der Waals surface area contributed by atoms with Crippen LogP contribution in [0.4, 0.5) is 0 Å². The molecule has 2 aromatic rings. The Morgan fingerprint density at radius 1 is 1.14 bits per heavy atom. The molecule has 0 heterocycles. The lowest BCUT2D eigenvalue weighted by atomic mass is 10.2. The molecule has 2 unspecified atom stereocenters. The van der Waals surface area contributed by atoms with Crippen molar-refractivity contribution in [1.82, 2.24) is 0 Å². The molecule has 5 heteroatoms. The number of hydrogen-bond donors (Lipinski definition) is 2. The first-order valence-corrected chi connectivity index (χ1v) is 8.04. The maximum absolute atomic E-state index is 12.0. The standard InChI is InChI=1S/C16H19NO3S/c17-10-13-5-4-6-15(9-13)20-11-14(18)12-21(19)16-7-2-1-3-8-16/h1-9,14,18H,10-12,17H2. The fraction of sp³-hybridized carbons (Fsp3) is 0.250. The maximum Gasteiger partial charge on any atom is 0.119 e. The van der Waals surface area contributed by atoms with Gasteiger partial charge in [0.25, 0.3) is 0 Å². The SMILES string of the molecule is NCc1cccc(OCC(O)CS(=O)c2ccccc2)c1. The first-order chi connectivity index (χ1) is 10.2. The van der Waals surface area contributed by atoms with Crippen LogP contribution in [-0.2, 0) is 17.3 Å². The molecule has 0 aliphatic carbocycles. The molecular formula is C16H19NO3S. The van der Waals surface area contributed by atoms with E-state index in [-0.39, 0.29) is 12.4 Å². The fourth-order valence-corrected chi connectivity index (χ4v) is 2.94. The summed E-state index contributed by atoms with van der Waals surface area (Å²) in [6, 6.07) is 16.5. The van der Waals surface area contributed by atoms with Crippen molar-refractivity contribution in [3.63, 3.8) is 0 Å². The molecule has 2 rings (SSSR count). The zero-order valence-corrected chi connectivity index (χ0v) is 12.5. The highest BCUT2D eigenvalue weighted by atomic mass is 32.2. The Morgan fingerprint density at radius 3 is 2.62 bits per heavy atom. The summed E-state index contributed by atoms with van der Waals surface area (Å²) >= 11 is 0. The Labute approximate surface area is 127 Å². The van der Waals surface area contributed by atoms with Crippen LogP contribution in [0.1, 0.15) is 5.56 Å². The predicted octanol–water partition coefficient (Wildman–Crippen LogP) is 1.69. The molecule has 0 fully saturated rings. The Kier molecular flexibility index (Phi) is 5.92. The Bertz CT molecular complexity index is 589. The molecule has 2 atom stereocenters. The average Bonchev–Trinajstić information content (AvgIpc) is 2.54. The Hall–Kier alpha value is -1.69. The molecule has 112 valence electrons. The van der Waals surface area contributed by atoms with E-state index < -0.39 is 16.9 Å². The van der Waals surface area contributed by atoms with Crippen LogP contribution in [0.5, 0.6) is 5.75 Å². The minimum Gasteiger partial charge on any atom is -0.491 e. The van der Waals surface area contributed by atoms with Gasteiger partial charge in [0, 0.05) is 11.4 Å². The summed E-state index contributed by atoms with van der Waals surface area (Å²) in [5.41, 5.74) is 6.53. The highest BCUT2D eigenvalue weighted by Gasteiger charge is 2.12. The third-order valence-electron chi connectivity index (χ3n) is 2.93. The van der Waals surface area contributed by atoms with Crippen LogP contribution in [0, 0.1) is 0 Å². The first-order valence-electron chi connectivity index (χ1n) is 6.72. The smallest absolute Gasteiger partial charge is 0.119 e. The van der Waals surface area contributed by atoms with Gasteiger partial charge in [-0.15, -0.1) is 0 Å². The monoisotopic (exact) mass is 305 g/mol. The fourth-order valence-electron chi connectivity index (χ4n) is 1.85. The second-order valence-corrected chi connectivity index (χ2v) is 6.14. The molecule has 2 aromatic carbocycles. The van der Waals surface area contributed by atoms with Crippen molar-refractivity contribution in [3.8, 4) is 5.75 Å². The minimum absolute atomic E-state index is 0.104. The molecular weight excluding hydrogens is 286 g/mol. The van der Waals surface area contributed by atoms with Gasteiger partial charge in [0.1, 0.15) is 12.4 Å². The Morgan fingerprint density at radius 2 is 1.90 bits per heavy atom. The van der Waals surface area contributed by atoms with E-state index in [4.69, 9.17) is 10.5 Å². The van der Waals surface area contributed by atoms with Crippen molar-refractivity contribution in [2.45, 2.75) is 17.5 Å². The molecule has 0 aliphatic heterocycles. The van der Waals surface area contributed by atoms with Crippen molar-refractivity contribution in [1.29, 1.82) is 0 Å². The van der Waals surface area contributed by atoms with Gasteiger partial charge in [0.15, 0.2) is 0 Å². The number of aliphatic hydroxyl groups excluding tert-OH is 1. The van der Waals surface area contributed by atoms with E-state index >= 15 is 0 Å². The largest absolute Gasteiger partial charge is 0.491 e. The van der Waals surface area contributed by atoms with Gasteiger partial charge in [-0.25, -0.2) is 0 Å². The lowest BCUT2D eigenvalue weighted by Crippen LogP contribution is -2.24. The zero-order chi connectivity index (χ0) is 15.1. The number of rotatable bonds is 7. The van der Waals surface area contributed by atoms with Gasteiger partial charge in [0.05, 0.1) is 22.7 Å². The van der Waals surface area contributed by atoms with Crippen LogP contribution < -0.4 is 10.5 Å². The van der Waals surface area contributed by atoms with Crippen molar-refractivity contribution in [2.75, 3.05) is 12.4 Å². The summed E-state index contributed by atoms with van der Waals surface area (Å²) in [6.07, 6.45) is -0.785. The van der Waals surface area contributed by atoms with Gasteiger partial charge in [-0.1, -0.05) is 30.3 Å². The second-order valence-electron chi connectivity index (χ2n) is 4.64. The van der Waals surface area contributed by atoms with E-state index in [1.807, 2.05) is 36.4 Å². The molecule has 3 N–H and O–H groups in total. The molecule has 0 spiro atoms. The van der Waals surface area contributed by atoms with Crippen LogP contribution in [0.2, 0.25) is 0 Å². The van der Waals surface area contributed by atoms with Gasteiger partial charge < -0.3 is 15.6 Å². The summed E-state index contributed by atoms with van der Waals surface area (Å²) in [7, 11) is -1.23. The van der Waals surface area contributed by atoms with E-state index in [9.17, 15) is 9.32 Å². The molecule has 0 aliphatic rings. The van der Waals surface area contributed by atoms with Gasteiger partial charge in [-0.2, -0.15) is 0 Å². The average molecular weight is 305 g/mol. The summed E-state index contributed by atoms with van der Waals surface area (Å²) in [4.78, 5) is 0.710. The highest BCUT2D eigenvalue weighted by molar-refractivity contribution is 7.85. The third-order valence-corrected chi connectivity index (χ3v) is 4.41. The van der Waals surface area contributed by atoms with Gasteiger partial charge >= 0.3 is 0 Å². The number of benzene rings is 2.